The molecule has 0 radical (unpaired) electrons. The van der Waals surface area contributed by atoms with E-state index in [2.05, 4.69) is 64.8 Å². The Morgan fingerprint density at radius 3 is 2.56 bits per heavy atom. The third-order valence-electron chi connectivity index (χ3n) is 9.85. The molecule has 6 rings (SSSR count). The molecule has 39 heavy (non-hydrogen) atoms. The number of para-hydroxylation sites is 1. The lowest BCUT2D eigenvalue weighted by Gasteiger charge is -2.57. The maximum Gasteiger partial charge on any atom is 0.335 e. The van der Waals surface area contributed by atoms with E-state index < -0.39 is 0 Å². The number of likely N-dealkylation sites (tertiary alicyclic amines) is 1. The number of carbonyl (C=O) groups is 2. The molecule has 6 heteroatoms. The number of hydrogen-bond acceptors (Lipinski definition) is 6. The van der Waals surface area contributed by atoms with Crippen LogP contribution in [0.1, 0.15) is 63.0 Å². The molecular formula is C33H40N2O4. The van der Waals surface area contributed by atoms with Crippen LogP contribution in [0, 0.1) is 17.8 Å². The van der Waals surface area contributed by atoms with Crippen molar-refractivity contribution in [1.82, 2.24) is 4.90 Å². The minimum Gasteiger partial charge on any atom is -0.466 e. The second kappa shape index (κ2) is 10.8. The van der Waals surface area contributed by atoms with Crippen molar-refractivity contribution in [3.05, 3.63) is 77.0 Å². The highest BCUT2D eigenvalue weighted by Crippen LogP contribution is 2.60. The summed E-state index contributed by atoms with van der Waals surface area (Å²) in [6.07, 6.45) is 7.24. The SMILES string of the molecule is COC(=O)C1=C2Nc3ccccc3[C@]23CCCN(Cc2ccccc2)[C@@H]3[C@@H]([C@@H]2CCCC[C@@H]2COC(C)=O)C1. The van der Waals surface area contributed by atoms with Crippen LogP contribution in [0.3, 0.4) is 0 Å². The van der Waals surface area contributed by atoms with Crippen molar-refractivity contribution in [3.8, 4) is 0 Å². The molecule has 0 amide bonds. The molecule has 2 aromatic carbocycles. The molecule has 0 unspecified atom stereocenters. The molecular weight excluding hydrogens is 488 g/mol. The number of piperidine rings is 1. The first-order valence-corrected chi connectivity index (χ1v) is 14.6. The van der Waals surface area contributed by atoms with Crippen molar-refractivity contribution >= 4 is 17.6 Å². The standard InChI is InChI=1S/C33H40N2O4/c1-22(36)39-21-24-13-6-7-14-25(24)26-19-27(32(37)38-2)30-33(28-15-8-9-16-29(28)34-30)17-10-18-35(31(26)33)20-23-11-4-3-5-12-23/h3-5,8-9,11-12,15-16,24-26,31,34H,6-7,10,13-14,17-21H2,1-2H3/t24-,25-,26-,31-,33-/m1/s1. The van der Waals surface area contributed by atoms with Crippen LogP contribution in [-0.4, -0.2) is 43.1 Å². The highest BCUT2D eigenvalue weighted by Gasteiger charge is 2.60. The fourth-order valence-electron chi connectivity index (χ4n) is 8.44. The van der Waals surface area contributed by atoms with E-state index in [0.29, 0.717) is 24.9 Å². The summed E-state index contributed by atoms with van der Waals surface area (Å²) in [5.74, 6) is 0.482. The van der Waals surface area contributed by atoms with Crippen LogP contribution >= 0.6 is 0 Å². The van der Waals surface area contributed by atoms with Crippen molar-refractivity contribution in [2.75, 3.05) is 25.6 Å². The number of nitrogens with one attached hydrogen (secondary N) is 1. The molecule has 4 aliphatic rings. The number of fused-ring (bicyclic) bond motifs is 1. The van der Waals surface area contributed by atoms with Gasteiger partial charge in [0.2, 0.25) is 0 Å². The van der Waals surface area contributed by atoms with Crippen LogP contribution in [-0.2, 0) is 31.0 Å². The fraction of sp³-hybridized carbons (Fsp3) is 0.515. The Hall–Kier alpha value is -3.12. The summed E-state index contributed by atoms with van der Waals surface area (Å²) >= 11 is 0. The van der Waals surface area contributed by atoms with Crippen LogP contribution < -0.4 is 5.32 Å². The molecule has 206 valence electrons. The van der Waals surface area contributed by atoms with E-state index in [1.54, 1.807) is 0 Å². The first-order chi connectivity index (χ1) is 19.0. The lowest BCUT2D eigenvalue weighted by molar-refractivity contribution is -0.144. The molecule has 1 saturated carbocycles. The van der Waals surface area contributed by atoms with Gasteiger partial charge in [0, 0.05) is 30.9 Å². The van der Waals surface area contributed by atoms with Crippen molar-refractivity contribution in [1.29, 1.82) is 0 Å². The molecule has 2 aromatic rings. The summed E-state index contributed by atoms with van der Waals surface area (Å²) in [5, 5.41) is 3.73. The fourth-order valence-corrected chi connectivity index (χ4v) is 8.44. The Morgan fingerprint density at radius 1 is 1.00 bits per heavy atom. The maximum absolute atomic E-state index is 13.4. The Morgan fingerprint density at radius 2 is 1.77 bits per heavy atom. The molecule has 1 spiro atoms. The second-order valence-corrected chi connectivity index (χ2v) is 11.9. The normalized spacial score (nSPS) is 30.0. The molecule has 1 saturated heterocycles. The van der Waals surface area contributed by atoms with Gasteiger partial charge in [-0.05, 0) is 73.6 Å². The molecule has 6 nitrogen and oxygen atoms in total. The van der Waals surface area contributed by atoms with E-state index in [1.807, 2.05) is 0 Å². The van der Waals surface area contributed by atoms with E-state index in [-0.39, 0.29) is 29.3 Å². The summed E-state index contributed by atoms with van der Waals surface area (Å²) in [4.78, 5) is 27.9. The number of carbonyl (C=O) groups excluding carboxylic acids is 2. The van der Waals surface area contributed by atoms with Gasteiger partial charge in [0.05, 0.1) is 24.7 Å². The van der Waals surface area contributed by atoms with Gasteiger partial charge in [0.15, 0.2) is 0 Å². The van der Waals surface area contributed by atoms with E-state index >= 15 is 0 Å². The highest BCUT2D eigenvalue weighted by molar-refractivity contribution is 5.92. The molecule has 5 atom stereocenters. The van der Waals surface area contributed by atoms with Gasteiger partial charge in [0.25, 0.3) is 0 Å². The Balaban J connectivity index is 1.50. The van der Waals surface area contributed by atoms with Crippen LogP contribution in [0.5, 0.6) is 0 Å². The maximum atomic E-state index is 13.4. The molecule has 2 aliphatic heterocycles. The predicted molar refractivity (Wildman–Crippen MR) is 151 cm³/mol. The second-order valence-electron chi connectivity index (χ2n) is 11.9. The summed E-state index contributed by atoms with van der Waals surface area (Å²) in [6, 6.07) is 19.6. The van der Waals surface area contributed by atoms with Crippen molar-refractivity contribution in [2.24, 2.45) is 17.8 Å². The average Bonchev–Trinajstić information content (AvgIpc) is 3.29. The van der Waals surface area contributed by atoms with Gasteiger partial charge < -0.3 is 14.8 Å². The minimum absolute atomic E-state index is 0.214. The average molecular weight is 529 g/mol. The summed E-state index contributed by atoms with van der Waals surface area (Å²) < 4.78 is 11.0. The molecule has 0 aromatic heterocycles. The van der Waals surface area contributed by atoms with Gasteiger partial charge in [-0.2, -0.15) is 0 Å². The number of benzene rings is 2. The lowest BCUT2D eigenvalue weighted by Crippen LogP contribution is -2.62. The third kappa shape index (κ3) is 4.57. The van der Waals surface area contributed by atoms with Crippen LogP contribution in [0.25, 0.3) is 0 Å². The van der Waals surface area contributed by atoms with E-state index in [0.717, 1.165) is 62.2 Å². The predicted octanol–water partition coefficient (Wildman–Crippen LogP) is 5.83. The third-order valence-corrected chi connectivity index (χ3v) is 9.85. The topological polar surface area (TPSA) is 67.9 Å². The number of ether oxygens (including phenoxy) is 2. The molecule has 2 fully saturated rings. The zero-order valence-electron chi connectivity index (χ0n) is 23.2. The summed E-state index contributed by atoms with van der Waals surface area (Å²) in [6.45, 7) is 3.88. The van der Waals surface area contributed by atoms with Gasteiger partial charge in [-0.25, -0.2) is 4.79 Å². The van der Waals surface area contributed by atoms with Crippen LogP contribution in [0.2, 0.25) is 0 Å². The van der Waals surface area contributed by atoms with Gasteiger partial charge in [0.1, 0.15) is 0 Å². The summed E-state index contributed by atoms with van der Waals surface area (Å²) in [5.41, 5.74) is 5.30. The van der Waals surface area contributed by atoms with Gasteiger partial charge in [-0.15, -0.1) is 0 Å². The molecule has 0 bridgehead atoms. The zero-order chi connectivity index (χ0) is 27.0. The quantitative estimate of drug-likeness (QED) is 0.476. The highest BCUT2D eigenvalue weighted by atomic mass is 16.5. The number of rotatable bonds is 6. The van der Waals surface area contributed by atoms with E-state index in [1.165, 1.54) is 31.6 Å². The monoisotopic (exact) mass is 528 g/mol. The Bertz CT molecular complexity index is 1260. The zero-order valence-corrected chi connectivity index (χ0v) is 23.2. The number of nitrogens with zero attached hydrogens (tertiary/aromatic N) is 1. The first kappa shape index (κ1) is 26.1. The molecule has 2 heterocycles. The van der Waals surface area contributed by atoms with Crippen molar-refractivity contribution in [2.45, 2.75) is 69.9 Å². The number of methoxy groups -OCH3 is 1. The minimum atomic E-state index is -0.292. The molecule has 2 aliphatic carbocycles. The Kier molecular flexibility index (Phi) is 7.23. The van der Waals surface area contributed by atoms with Gasteiger partial charge >= 0.3 is 11.9 Å². The number of esters is 2. The first-order valence-electron chi connectivity index (χ1n) is 14.6. The van der Waals surface area contributed by atoms with Gasteiger partial charge in [-0.1, -0.05) is 61.4 Å². The summed E-state index contributed by atoms with van der Waals surface area (Å²) in [7, 11) is 1.50. The largest absolute Gasteiger partial charge is 0.466 e. The lowest BCUT2D eigenvalue weighted by atomic mass is 9.54. The smallest absolute Gasteiger partial charge is 0.335 e. The molecule has 1 N–H and O–H groups in total. The van der Waals surface area contributed by atoms with Gasteiger partial charge in [-0.3, -0.25) is 9.69 Å². The number of anilines is 1. The van der Waals surface area contributed by atoms with E-state index in [4.69, 9.17) is 9.47 Å². The Labute approximate surface area is 231 Å². The van der Waals surface area contributed by atoms with E-state index in [9.17, 15) is 9.59 Å². The van der Waals surface area contributed by atoms with Crippen LogP contribution in [0.15, 0.2) is 65.9 Å². The van der Waals surface area contributed by atoms with Crippen molar-refractivity contribution < 1.29 is 19.1 Å². The van der Waals surface area contributed by atoms with Crippen LogP contribution in [0.4, 0.5) is 5.69 Å². The number of hydrogen-bond donors (Lipinski definition) is 1. The van der Waals surface area contributed by atoms with Crippen molar-refractivity contribution in [3.63, 3.8) is 0 Å².